The number of rotatable bonds is 8. The Kier molecular flexibility index (Phi) is 5.97. The standard InChI is InChI=1S/C12H23N3O2/c1-15(2)12(17)4-3-7-14-11(16)9-13-8-10-5-6-10/h10,13H,3-9H2,1-2H3,(H,14,16). The fraction of sp³-hybridized carbons (Fsp3) is 0.833. The van der Waals surface area contributed by atoms with Crippen molar-refractivity contribution >= 4 is 11.8 Å². The van der Waals surface area contributed by atoms with Crippen LogP contribution in [0.15, 0.2) is 0 Å². The molecule has 1 aliphatic rings. The van der Waals surface area contributed by atoms with Crippen LogP contribution in [0.1, 0.15) is 25.7 Å². The highest BCUT2D eigenvalue weighted by atomic mass is 16.2. The van der Waals surface area contributed by atoms with Gasteiger partial charge in [-0.3, -0.25) is 9.59 Å². The van der Waals surface area contributed by atoms with Gasteiger partial charge in [-0.2, -0.15) is 0 Å². The molecule has 0 saturated heterocycles. The third kappa shape index (κ3) is 6.94. The number of hydrogen-bond acceptors (Lipinski definition) is 3. The summed E-state index contributed by atoms with van der Waals surface area (Å²) in [6.07, 6.45) is 3.77. The van der Waals surface area contributed by atoms with Crippen molar-refractivity contribution in [2.24, 2.45) is 5.92 Å². The summed E-state index contributed by atoms with van der Waals surface area (Å²) >= 11 is 0. The Bertz CT molecular complexity index is 262. The maximum atomic E-state index is 11.4. The Hall–Kier alpha value is -1.10. The molecule has 1 aliphatic carbocycles. The summed E-state index contributed by atoms with van der Waals surface area (Å²) in [4.78, 5) is 24.2. The molecule has 0 aliphatic heterocycles. The molecular weight excluding hydrogens is 218 g/mol. The van der Waals surface area contributed by atoms with Gasteiger partial charge in [0.2, 0.25) is 11.8 Å². The summed E-state index contributed by atoms with van der Waals surface area (Å²) in [6, 6.07) is 0. The van der Waals surface area contributed by atoms with E-state index in [9.17, 15) is 9.59 Å². The van der Waals surface area contributed by atoms with Gasteiger partial charge in [0, 0.05) is 27.1 Å². The molecule has 0 aromatic rings. The lowest BCUT2D eigenvalue weighted by Gasteiger charge is -2.10. The molecule has 5 nitrogen and oxygen atoms in total. The number of nitrogens with one attached hydrogen (secondary N) is 2. The largest absolute Gasteiger partial charge is 0.355 e. The summed E-state index contributed by atoms with van der Waals surface area (Å²) in [5, 5.41) is 5.93. The third-order valence-corrected chi connectivity index (χ3v) is 2.80. The van der Waals surface area contributed by atoms with E-state index >= 15 is 0 Å². The van der Waals surface area contributed by atoms with Gasteiger partial charge in [-0.15, -0.1) is 0 Å². The highest BCUT2D eigenvalue weighted by molar-refractivity contribution is 5.78. The molecule has 1 rings (SSSR count). The molecule has 1 fully saturated rings. The molecule has 0 atom stereocenters. The van der Waals surface area contributed by atoms with E-state index in [1.807, 2.05) is 0 Å². The Morgan fingerprint density at radius 1 is 1.29 bits per heavy atom. The van der Waals surface area contributed by atoms with Crippen LogP contribution in [-0.4, -0.2) is 50.4 Å². The topological polar surface area (TPSA) is 61.4 Å². The summed E-state index contributed by atoms with van der Waals surface area (Å²) in [5.41, 5.74) is 0. The first-order valence-electron chi connectivity index (χ1n) is 6.27. The molecule has 0 spiro atoms. The minimum atomic E-state index is 0.0166. The number of hydrogen-bond donors (Lipinski definition) is 2. The van der Waals surface area contributed by atoms with Crippen LogP contribution in [0.2, 0.25) is 0 Å². The fourth-order valence-electron chi connectivity index (χ4n) is 1.47. The SMILES string of the molecule is CN(C)C(=O)CCCNC(=O)CNCC1CC1. The van der Waals surface area contributed by atoms with Crippen molar-refractivity contribution in [2.45, 2.75) is 25.7 Å². The molecule has 2 amide bonds. The minimum absolute atomic E-state index is 0.0166. The lowest BCUT2D eigenvalue weighted by atomic mass is 10.3. The van der Waals surface area contributed by atoms with Crippen LogP contribution in [0.3, 0.4) is 0 Å². The number of nitrogens with zero attached hydrogens (tertiary/aromatic N) is 1. The molecule has 0 unspecified atom stereocenters. The van der Waals surface area contributed by atoms with Crippen LogP contribution < -0.4 is 10.6 Å². The second kappa shape index (κ2) is 7.27. The first kappa shape index (κ1) is 14.0. The number of carbonyl (C=O) groups excluding carboxylic acids is 2. The number of carbonyl (C=O) groups is 2. The molecule has 5 heteroatoms. The average Bonchev–Trinajstić information content (AvgIpc) is 3.08. The van der Waals surface area contributed by atoms with Crippen LogP contribution >= 0.6 is 0 Å². The molecule has 0 aromatic carbocycles. The van der Waals surface area contributed by atoms with Gasteiger partial charge in [-0.25, -0.2) is 0 Å². The minimum Gasteiger partial charge on any atom is -0.355 e. The van der Waals surface area contributed by atoms with E-state index in [-0.39, 0.29) is 11.8 Å². The maximum Gasteiger partial charge on any atom is 0.233 e. The monoisotopic (exact) mass is 241 g/mol. The van der Waals surface area contributed by atoms with Gasteiger partial charge < -0.3 is 15.5 Å². The summed E-state index contributed by atoms with van der Waals surface area (Å²) in [6.45, 7) is 1.91. The van der Waals surface area contributed by atoms with Crippen LogP contribution in [0.4, 0.5) is 0 Å². The van der Waals surface area contributed by atoms with Crippen molar-refractivity contribution in [1.82, 2.24) is 15.5 Å². The van der Waals surface area contributed by atoms with E-state index in [2.05, 4.69) is 10.6 Å². The average molecular weight is 241 g/mol. The zero-order valence-electron chi connectivity index (χ0n) is 10.8. The third-order valence-electron chi connectivity index (χ3n) is 2.80. The van der Waals surface area contributed by atoms with Crippen molar-refractivity contribution in [3.63, 3.8) is 0 Å². The van der Waals surface area contributed by atoms with Crippen LogP contribution in [0.5, 0.6) is 0 Å². The van der Waals surface area contributed by atoms with Gasteiger partial charge >= 0.3 is 0 Å². The smallest absolute Gasteiger partial charge is 0.233 e. The molecule has 2 N–H and O–H groups in total. The van der Waals surface area contributed by atoms with E-state index in [4.69, 9.17) is 0 Å². The highest BCUT2D eigenvalue weighted by Crippen LogP contribution is 2.27. The van der Waals surface area contributed by atoms with Crippen LogP contribution in [0.25, 0.3) is 0 Å². The van der Waals surface area contributed by atoms with E-state index in [1.54, 1.807) is 19.0 Å². The van der Waals surface area contributed by atoms with Gasteiger partial charge in [0.15, 0.2) is 0 Å². The van der Waals surface area contributed by atoms with Gasteiger partial charge in [0.05, 0.1) is 6.54 Å². The first-order valence-corrected chi connectivity index (χ1v) is 6.27. The van der Waals surface area contributed by atoms with Crippen molar-refractivity contribution < 1.29 is 9.59 Å². The van der Waals surface area contributed by atoms with Crippen molar-refractivity contribution in [1.29, 1.82) is 0 Å². The van der Waals surface area contributed by atoms with Crippen molar-refractivity contribution in [2.75, 3.05) is 33.7 Å². The molecule has 1 saturated carbocycles. The van der Waals surface area contributed by atoms with Gasteiger partial charge in [0.25, 0.3) is 0 Å². The molecule has 17 heavy (non-hydrogen) atoms. The van der Waals surface area contributed by atoms with Crippen molar-refractivity contribution in [3.05, 3.63) is 0 Å². The summed E-state index contributed by atoms with van der Waals surface area (Å²) in [7, 11) is 3.48. The van der Waals surface area contributed by atoms with Crippen LogP contribution in [-0.2, 0) is 9.59 Å². The van der Waals surface area contributed by atoms with Gasteiger partial charge in [-0.05, 0) is 31.7 Å². The second-order valence-corrected chi connectivity index (χ2v) is 4.82. The maximum absolute atomic E-state index is 11.4. The Morgan fingerprint density at radius 3 is 2.59 bits per heavy atom. The normalized spacial score (nSPS) is 14.5. The van der Waals surface area contributed by atoms with E-state index < -0.39 is 0 Å². The molecule has 0 bridgehead atoms. The van der Waals surface area contributed by atoms with Gasteiger partial charge in [0.1, 0.15) is 0 Å². The Labute approximate surface area is 103 Å². The molecule has 0 radical (unpaired) electrons. The van der Waals surface area contributed by atoms with E-state index in [0.29, 0.717) is 25.9 Å². The second-order valence-electron chi connectivity index (χ2n) is 4.82. The Balaban J connectivity index is 1.90. The fourth-order valence-corrected chi connectivity index (χ4v) is 1.47. The predicted octanol–water partition coefficient (Wildman–Crippen LogP) is -0.0294. The van der Waals surface area contributed by atoms with Crippen LogP contribution in [0, 0.1) is 5.92 Å². The first-order chi connectivity index (χ1) is 8.09. The number of amides is 2. The molecule has 0 heterocycles. The Morgan fingerprint density at radius 2 is 2.00 bits per heavy atom. The molecule has 0 aromatic heterocycles. The lowest BCUT2D eigenvalue weighted by molar-refractivity contribution is -0.129. The van der Waals surface area contributed by atoms with Crippen molar-refractivity contribution in [3.8, 4) is 0 Å². The van der Waals surface area contributed by atoms with E-state index in [1.165, 1.54) is 12.8 Å². The molecular formula is C12H23N3O2. The highest BCUT2D eigenvalue weighted by Gasteiger charge is 2.20. The summed E-state index contributed by atoms with van der Waals surface area (Å²) in [5.74, 6) is 0.912. The zero-order chi connectivity index (χ0) is 12.7. The zero-order valence-corrected chi connectivity index (χ0v) is 10.8. The van der Waals surface area contributed by atoms with E-state index in [0.717, 1.165) is 12.5 Å². The van der Waals surface area contributed by atoms with Gasteiger partial charge in [-0.1, -0.05) is 0 Å². The lowest BCUT2D eigenvalue weighted by Crippen LogP contribution is -2.35. The summed E-state index contributed by atoms with van der Waals surface area (Å²) < 4.78 is 0. The predicted molar refractivity (Wildman–Crippen MR) is 66.5 cm³/mol. The quantitative estimate of drug-likeness (QED) is 0.587. The molecule has 98 valence electrons.